The Bertz CT molecular complexity index is 1330. The number of fused-ring (bicyclic) bond motifs is 3. The second-order valence-corrected chi connectivity index (χ2v) is 13.6. The Morgan fingerprint density at radius 2 is 1.91 bits per heavy atom. The van der Waals surface area contributed by atoms with Gasteiger partial charge < -0.3 is 4.74 Å². The fourth-order valence-electron chi connectivity index (χ4n) is 3.47. The summed E-state index contributed by atoms with van der Waals surface area (Å²) in [7, 11) is -1.60. The number of esters is 1. The van der Waals surface area contributed by atoms with E-state index in [0.29, 0.717) is 11.4 Å². The number of nitrogens with zero attached hydrogens (tertiary/aromatic N) is 3. The number of carbonyl (C=O) groups is 1. The van der Waals surface area contributed by atoms with E-state index in [0.717, 1.165) is 16.7 Å². The Morgan fingerprint density at radius 1 is 1.18 bits per heavy atom. The molecule has 0 N–H and O–H groups in total. The molecule has 2 heterocycles. The van der Waals surface area contributed by atoms with Gasteiger partial charge >= 0.3 is 12.1 Å². The van der Waals surface area contributed by atoms with E-state index >= 15 is 0 Å². The van der Waals surface area contributed by atoms with Crippen molar-refractivity contribution in [3.8, 4) is 17.2 Å². The highest BCUT2D eigenvalue weighted by atomic mass is 28.3. The topological polar surface area (TPSA) is 56.5 Å². The molecule has 0 atom stereocenters. The minimum absolute atomic E-state index is 0.0134. The van der Waals surface area contributed by atoms with E-state index in [9.17, 15) is 18.0 Å². The van der Waals surface area contributed by atoms with Crippen LogP contribution in [0.3, 0.4) is 0 Å². The molecule has 1 aliphatic heterocycles. The Balaban J connectivity index is 1.86. The van der Waals surface area contributed by atoms with E-state index in [1.165, 1.54) is 6.33 Å². The summed E-state index contributed by atoms with van der Waals surface area (Å²) in [6, 6.07) is 15.1. The van der Waals surface area contributed by atoms with Crippen molar-refractivity contribution >= 4 is 19.8 Å². The predicted molar refractivity (Wildman–Crippen MR) is 126 cm³/mol. The Hall–Kier alpha value is -3.64. The summed E-state index contributed by atoms with van der Waals surface area (Å²) in [4.78, 5) is 21.0. The highest BCUT2D eigenvalue weighted by Gasteiger charge is 2.36. The molecule has 0 saturated heterocycles. The summed E-state index contributed by atoms with van der Waals surface area (Å²) in [5, 5.41) is 0. The lowest BCUT2D eigenvalue weighted by atomic mass is 9.98. The molecular weight excluding hydrogens is 459 g/mol. The first kappa shape index (κ1) is 23.5. The van der Waals surface area contributed by atoms with Gasteiger partial charge in [0.1, 0.15) is 14.4 Å². The Labute approximate surface area is 196 Å². The lowest BCUT2D eigenvalue weighted by Crippen LogP contribution is -2.28. The van der Waals surface area contributed by atoms with Crippen LogP contribution in [-0.2, 0) is 11.3 Å². The van der Waals surface area contributed by atoms with Crippen molar-refractivity contribution in [1.29, 1.82) is 0 Å². The molecule has 9 heteroatoms. The summed E-state index contributed by atoms with van der Waals surface area (Å²) in [5.41, 5.74) is 7.05. The van der Waals surface area contributed by atoms with Crippen LogP contribution in [0.15, 0.2) is 59.9 Å². The van der Waals surface area contributed by atoms with E-state index in [1.807, 2.05) is 48.5 Å². The molecule has 5 nitrogen and oxygen atoms in total. The monoisotopic (exact) mass is 481 g/mol. The molecule has 0 saturated carbocycles. The molecule has 0 radical (unpaired) electrons. The number of imidazole rings is 1. The zero-order valence-electron chi connectivity index (χ0n) is 18.9. The number of ether oxygens (including phenoxy) is 1. The van der Waals surface area contributed by atoms with Crippen LogP contribution in [-0.4, -0.2) is 42.1 Å². The Morgan fingerprint density at radius 3 is 2.59 bits per heavy atom. The second kappa shape index (κ2) is 8.95. The van der Waals surface area contributed by atoms with Crippen LogP contribution < -0.4 is 0 Å². The van der Waals surface area contributed by atoms with Crippen molar-refractivity contribution in [2.45, 2.75) is 32.3 Å². The summed E-state index contributed by atoms with van der Waals surface area (Å²) in [6.45, 7) is 4.34. The van der Waals surface area contributed by atoms with Gasteiger partial charge in [-0.15, -0.1) is 5.54 Å². The van der Waals surface area contributed by atoms with E-state index in [2.05, 4.69) is 40.8 Å². The van der Waals surface area contributed by atoms with Crippen molar-refractivity contribution in [1.82, 2.24) is 9.55 Å². The smallest absolute Gasteiger partial charge is 0.394 e. The van der Waals surface area contributed by atoms with Gasteiger partial charge in [-0.1, -0.05) is 55.9 Å². The minimum atomic E-state index is -4.22. The van der Waals surface area contributed by atoms with Crippen molar-refractivity contribution in [3.63, 3.8) is 0 Å². The molecule has 1 aliphatic rings. The molecule has 0 bridgehead atoms. The largest absolute Gasteiger partial charge is 0.429 e. The van der Waals surface area contributed by atoms with Gasteiger partial charge in [0.2, 0.25) is 0 Å². The van der Waals surface area contributed by atoms with Gasteiger partial charge in [0.15, 0.2) is 12.4 Å². The molecule has 0 fully saturated rings. The standard InChI is InChI=1S/C25H22F3N3O2Si/c1-34(2,3)12-11-17-9-10-20-19(13-17)22(18-7-5-4-6-8-18)29-14-21-23(30-16-31(20)21)24(32)33-25(27,28)15-26/h4-10,13,16H,14-15H2,1-3H3. The van der Waals surface area contributed by atoms with Gasteiger partial charge in [0.25, 0.3) is 0 Å². The molecule has 34 heavy (non-hydrogen) atoms. The highest BCUT2D eigenvalue weighted by Crippen LogP contribution is 2.29. The second-order valence-electron chi connectivity index (χ2n) is 8.83. The quantitative estimate of drug-likeness (QED) is 0.293. The molecule has 0 amide bonds. The molecule has 4 rings (SSSR count). The molecule has 1 aromatic heterocycles. The average molecular weight is 482 g/mol. The van der Waals surface area contributed by atoms with Crippen molar-refractivity contribution in [3.05, 3.63) is 82.9 Å². The van der Waals surface area contributed by atoms with Gasteiger partial charge in [0.05, 0.1) is 23.6 Å². The maximum absolute atomic E-state index is 13.3. The van der Waals surface area contributed by atoms with Crippen LogP contribution in [0.5, 0.6) is 0 Å². The minimum Gasteiger partial charge on any atom is -0.394 e. The molecule has 2 aromatic carbocycles. The first-order valence-corrected chi connectivity index (χ1v) is 14.1. The van der Waals surface area contributed by atoms with Crippen LogP contribution in [0.4, 0.5) is 13.2 Å². The van der Waals surface area contributed by atoms with Crippen LogP contribution in [0, 0.1) is 11.5 Å². The number of aliphatic imine (C=N–C) groups is 1. The molecular formula is C25H22F3N3O2Si. The van der Waals surface area contributed by atoms with Crippen LogP contribution in [0.25, 0.3) is 5.69 Å². The van der Waals surface area contributed by atoms with Gasteiger partial charge in [-0.25, -0.2) is 14.2 Å². The molecule has 3 aromatic rings. The summed E-state index contributed by atoms with van der Waals surface area (Å²) >= 11 is 0. The lowest BCUT2D eigenvalue weighted by molar-refractivity contribution is -0.209. The Kier molecular flexibility index (Phi) is 6.19. The third-order valence-corrected chi connectivity index (χ3v) is 5.86. The summed E-state index contributed by atoms with van der Waals surface area (Å²) < 4.78 is 44.8. The zero-order chi connectivity index (χ0) is 24.5. The molecule has 174 valence electrons. The first-order valence-electron chi connectivity index (χ1n) is 10.6. The van der Waals surface area contributed by atoms with Crippen molar-refractivity contribution in [2.24, 2.45) is 4.99 Å². The first-order chi connectivity index (χ1) is 16.1. The van der Waals surface area contributed by atoms with E-state index in [4.69, 9.17) is 4.99 Å². The normalized spacial score (nSPS) is 13.1. The third-order valence-electron chi connectivity index (χ3n) is 4.98. The highest BCUT2D eigenvalue weighted by molar-refractivity contribution is 6.83. The van der Waals surface area contributed by atoms with Crippen molar-refractivity contribution in [2.75, 3.05) is 6.67 Å². The number of halogens is 3. The van der Waals surface area contributed by atoms with E-state index < -0.39 is 26.8 Å². The van der Waals surface area contributed by atoms with E-state index in [1.54, 1.807) is 4.57 Å². The average Bonchev–Trinajstić information content (AvgIpc) is 3.15. The zero-order valence-corrected chi connectivity index (χ0v) is 19.9. The number of aromatic nitrogens is 2. The summed E-state index contributed by atoms with van der Waals surface area (Å²) in [6.07, 6.45) is -2.87. The fourth-order valence-corrected chi connectivity index (χ4v) is 3.99. The maximum Gasteiger partial charge on any atom is 0.429 e. The van der Waals surface area contributed by atoms with Crippen LogP contribution in [0.2, 0.25) is 19.6 Å². The summed E-state index contributed by atoms with van der Waals surface area (Å²) in [5.74, 6) is 1.84. The number of hydrogen-bond acceptors (Lipinski definition) is 4. The van der Waals surface area contributed by atoms with E-state index in [-0.39, 0.29) is 17.9 Å². The number of alkyl halides is 3. The lowest BCUT2D eigenvalue weighted by Gasteiger charge is -2.13. The van der Waals surface area contributed by atoms with Crippen LogP contribution >= 0.6 is 0 Å². The van der Waals surface area contributed by atoms with Gasteiger partial charge in [-0.05, 0) is 18.2 Å². The molecule has 0 spiro atoms. The predicted octanol–water partition coefficient (Wildman–Crippen LogP) is 5.17. The SMILES string of the molecule is C[Si](C)(C)C#Cc1ccc2c(c1)C(c1ccccc1)=NCc1c(C(=O)OC(F)(F)CF)ncn1-2. The number of carbonyl (C=O) groups excluding carboxylic acids is 1. The van der Waals surface area contributed by atoms with Gasteiger partial charge in [-0.2, -0.15) is 8.78 Å². The number of benzene rings is 2. The molecule has 0 unspecified atom stereocenters. The maximum atomic E-state index is 13.3. The number of rotatable bonds is 4. The fraction of sp³-hybridized carbons (Fsp3) is 0.240. The van der Waals surface area contributed by atoms with Gasteiger partial charge in [-0.3, -0.25) is 9.56 Å². The number of hydrogen-bond donors (Lipinski definition) is 0. The van der Waals surface area contributed by atoms with Gasteiger partial charge in [0, 0.05) is 16.7 Å². The van der Waals surface area contributed by atoms with Crippen molar-refractivity contribution < 1.29 is 22.7 Å². The molecule has 0 aliphatic carbocycles. The third kappa shape index (κ3) is 4.97. The van der Waals surface area contributed by atoms with Crippen LogP contribution in [0.1, 0.15) is 32.9 Å².